The van der Waals surface area contributed by atoms with Gasteiger partial charge in [0, 0.05) is 23.3 Å². The Kier molecular flexibility index (Phi) is 28.8. The van der Waals surface area contributed by atoms with Crippen molar-refractivity contribution in [1.29, 1.82) is 0 Å². The first-order valence-electron chi connectivity index (χ1n) is 29.2. The Labute approximate surface area is 509 Å². The number of unbranched alkanes of at least 4 members (excludes halogenated alkanes) is 2. The summed E-state index contributed by atoms with van der Waals surface area (Å²) in [7, 11) is 0. The highest BCUT2D eigenvalue weighted by Gasteiger charge is 2.36. The summed E-state index contributed by atoms with van der Waals surface area (Å²) in [4.78, 5) is 153. The van der Waals surface area contributed by atoms with Gasteiger partial charge >= 0.3 is 71.6 Å². The lowest BCUT2D eigenvalue weighted by atomic mass is 9.82. The quantitative estimate of drug-likeness (QED) is 0.0219. The molecule has 0 radical (unpaired) electrons. The minimum atomic E-state index is -0.995. The van der Waals surface area contributed by atoms with Crippen molar-refractivity contribution in [3.05, 3.63) is 97.1 Å². The molecule has 3 aliphatic carbocycles. The Bertz CT molecular complexity index is 2700. The van der Waals surface area contributed by atoms with E-state index in [0.717, 1.165) is 12.2 Å². The van der Waals surface area contributed by atoms with Crippen molar-refractivity contribution in [2.75, 3.05) is 52.9 Å². The van der Waals surface area contributed by atoms with Gasteiger partial charge in [0.25, 0.3) is 0 Å². The highest BCUT2D eigenvalue weighted by atomic mass is 16.6. The zero-order chi connectivity index (χ0) is 64.1. The maximum atomic E-state index is 13.6. The van der Waals surface area contributed by atoms with Crippen LogP contribution in [0.4, 0.5) is 0 Å². The van der Waals surface area contributed by atoms with Gasteiger partial charge in [-0.3, -0.25) is 28.8 Å². The standard InChI is InChI=1S/C64H76O24/c1-7-53(65)77-29-9-11-31-79-57(69)41-13-17-45(18-14-41)61(73)87-51-27-25-47(37-49(51)63(75)83-35-33-81-55(67)39(3)4)85-59(71)43-21-23-44(24-22-43)60(72)86-48-26-28-52(50(38-48)64(76)84-36-34-82-56(68)40(5)6)88-62(74)46-19-15-42(16-20-46)58(70)80-32-12-10-30-78-54(66)8-2/h7-8,25-28,37-38,41-46H,1-3,5,9-24,29-36H2,4,6H3. The molecule has 24 nitrogen and oxygen atoms in total. The fourth-order valence-electron chi connectivity index (χ4n) is 9.51. The molecule has 0 bridgehead atoms. The Balaban J connectivity index is 1.16. The first-order valence-corrected chi connectivity index (χ1v) is 29.2. The number of hydrogen-bond donors (Lipinski definition) is 0. The van der Waals surface area contributed by atoms with E-state index in [0.29, 0.717) is 51.4 Å². The molecule has 0 saturated heterocycles. The molecular formula is C64H76O24. The van der Waals surface area contributed by atoms with Gasteiger partial charge in [-0.15, -0.1) is 0 Å². The monoisotopic (exact) mass is 1230 g/mol. The predicted molar refractivity (Wildman–Crippen MR) is 307 cm³/mol. The van der Waals surface area contributed by atoms with Gasteiger partial charge < -0.3 is 56.8 Å². The lowest BCUT2D eigenvalue weighted by Gasteiger charge is -2.26. The molecule has 3 saturated carbocycles. The first kappa shape index (κ1) is 69.8. The minimum Gasteiger partial charge on any atom is -0.465 e. The topological polar surface area (TPSA) is 316 Å². The summed E-state index contributed by atoms with van der Waals surface area (Å²) >= 11 is 0. The molecule has 0 spiro atoms. The van der Waals surface area contributed by atoms with Gasteiger partial charge in [0.05, 0.1) is 61.9 Å². The van der Waals surface area contributed by atoms with Crippen LogP contribution in [0.1, 0.15) is 137 Å². The SMILES string of the molecule is C=CC(=O)OCCCCOC(=O)C1CCC(C(=O)Oc2ccc(OC(=O)C3CCC(C(=O)Oc4ccc(OC(=O)C5CCC(C(=O)OCCCCOC(=O)C=C)CC5)c(C(=O)OCCOC(=O)C(=C)C)c4)CC3)cc2C(=O)OCCOC(=O)C(=C)C)CC1. The lowest BCUT2D eigenvalue weighted by molar-refractivity contribution is -0.152. The lowest BCUT2D eigenvalue weighted by Crippen LogP contribution is -2.30. The molecule has 0 aliphatic heterocycles. The van der Waals surface area contributed by atoms with E-state index in [4.69, 9.17) is 56.8 Å². The van der Waals surface area contributed by atoms with E-state index in [9.17, 15) is 57.5 Å². The van der Waals surface area contributed by atoms with Crippen molar-refractivity contribution in [2.24, 2.45) is 35.5 Å². The van der Waals surface area contributed by atoms with Gasteiger partial charge in [-0.1, -0.05) is 26.3 Å². The van der Waals surface area contributed by atoms with Crippen molar-refractivity contribution in [3.63, 3.8) is 0 Å². The highest BCUT2D eigenvalue weighted by Crippen LogP contribution is 2.37. The minimum absolute atomic E-state index is 0.0966. The van der Waals surface area contributed by atoms with Gasteiger partial charge in [0.15, 0.2) is 0 Å². The van der Waals surface area contributed by atoms with Crippen molar-refractivity contribution >= 4 is 71.6 Å². The molecule has 88 heavy (non-hydrogen) atoms. The number of hydrogen-bond acceptors (Lipinski definition) is 24. The third-order valence-electron chi connectivity index (χ3n) is 14.6. The summed E-state index contributed by atoms with van der Waals surface area (Å²) in [6.07, 6.45) is 7.33. The summed E-state index contributed by atoms with van der Waals surface area (Å²) in [6.45, 7) is 15.8. The van der Waals surface area contributed by atoms with Gasteiger partial charge in [0.1, 0.15) is 60.6 Å². The van der Waals surface area contributed by atoms with Crippen LogP contribution in [0.2, 0.25) is 0 Å². The zero-order valence-electron chi connectivity index (χ0n) is 49.7. The fraction of sp³-hybridized carbons (Fsp3) is 0.500. The predicted octanol–water partition coefficient (Wildman–Crippen LogP) is 8.09. The maximum Gasteiger partial charge on any atom is 0.342 e. The molecule has 0 unspecified atom stereocenters. The van der Waals surface area contributed by atoms with E-state index in [1.807, 2.05) is 0 Å². The van der Waals surface area contributed by atoms with Crippen LogP contribution in [0.25, 0.3) is 0 Å². The van der Waals surface area contributed by atoms with Crippen molar-refractivity contribution in [1.82, 2.24) is 0 Å². The van der Waals surface area contributed by atoms with E-state index in [1.54, 1.807) is 0 Å². The molecule has 5 rings (SSSR count). The summed E-state index contributed by atoms with van der Waals surface area (Å²) in [6, 6.07) is 7.53. The first-order chi connectivity index (χ1) is 42.2. The van der Waals surface area contributed by atoms with Crippen LogP contribution in [-0.2, 0) is 85.8 Å². The van der Waals surface area contributed by atoms with Crippen LogP contribution < -0.4 is 18.9 Å². The second kappa shape index (κ2) is 36.2. The summed E-state index contributed by atoms with van der Waals surface area (Å²) in [5.41, 5.74) is -0.312. The number of carbonyl (C=O) groups excluding carboxylic acids is 12. The van der Waals surface area contributed by atoms with Crippen molar-refractivity contribution in [2.45, 2.75) is 117 Å². The summed E-state index contributed by atoms with van der Waals surface area (Å²) in [5, 5.41) is 0. The molecule has 2 aromatic carbocycles. The number of ether oxygens (including phenoxy) is 12. The Morgan fingerprint density at radius 2 is 0.636 bits per heavy atom. The van der Waals surface area contributed by atoms with Crippen LogP contribution in [-0.4, -0.2) is 124 Å². The van der Waals surface area contributed by atoms with E-state index in [2.05, 4.69) is 26.3 Å². The van der Waals surface area contributed by atoms with Gasteiger partial charge in [0.2, 0.25) is 0 Å². The molecule has 0 heterocycles. The average molecular weight is 1230 g/mol. The average Bonchev–Trinajstić information content (AvgIpc) is 3.05. The second-order valence-corrected chi connectivity index (χ2v) is 21.2. The van der Waals surface area contributed by atoms with E-state index >= 15 is 0 Å². The Morgan fingerprint density at radius 1 is 0.364 bits per heavy atom. The third kappa shape index (κ3) is 23.0. The maximum absolute atomic E-state index is 13.6. The Morgan fingerprint density at radius 3 is 0.932 bits per heavy atom. The van der Waals surface area contributed by atoms with E-state index < -0.39 is 107 Å². The fourth-order valence-corrected chi connectivity index (χ4v) is 9.51. The summed E-state index contributed by atoms with van der Waals surface area (Å²) < 4.78 is 64.2. The van der Waals surface area contributed by atoms with Crippen LogP contribution >= 0.6 is 0 Å². The Hall–Kier alpha value is -8.96. The number of esters is 12. The molecule has 24 heteroatoms. The van der Waals surface area contributed by atoms with E-state index in [-0.39, 0.29) is 149 Å². The van der Waals surface area contributed by atoms with Crippen LogP contribution in [0, 0.1) is 35.5 Å². The smallest absolute Gasteiger partial charge is 0.342 e. The zero-order valence-corrected chi connectivity index (χ0v) is 49.7. The molecule has 0 N–H and O–H groups in total. The molecule has 3 fully saturated rings. The number of benzene rings is 2. The molecular weight excluding hydrogens is 1150 g/mol. The molecule has 476 valence electrons. The number of rotatable bonds is 32. The van der Waals surface area contributed by atoms with Gasteiger partial charge in [-0.05, 0) is 153 Å². The molecule has 0 amide bonds. The van der Waals surface area contributed by atoms with Crippen LogP contribution in [0.5, 0.6) is 23.0 Å². The molecule has 0 atom stereocenters. The van der Waals surface area contributed by atoms with E-state index in [1.165, 1.54) is 50.2 Å². The second-order valence-electron chi connectivity index (χ2n) is 21.2. The number of carbonyl (C=O) groups is 12. The van der Waals surface area contributed by atoms with Crippen molar-refractivity contribution in [3.8, 4) is 23.0 Å². The largest absolute Gasteiger partial charge is 0.465 e. The normalized spacial score (nSPS) is 18.6. The van der Waals surface area contributed by atoms with Crippen LogP contribution in [0.3, 0.4) is 0 Å². The van der Waals surface area contributed by atoms with Crippen molar-refractivity contribution < 1.29 is 114 Å². The van der Waals surface area contributed by atoms with Gasteiger partial charge in [-0.25, -0.2) is 28.8 Å². The molecule has 2 aromatic rings. The third-order valence-corrected chi connectivity index (χ3v) is 14.6. The van der Waals surface area contributed by atoms with Gasteiger partial charge in [-0.2, -0.15) is 0 Å². The highest BCUT2D eigenvalue weighted by molar-refractivity contribution is 5.96. The molecule has 0 aromatic heterocycles. The van der Waals surface area contributed by atoms with Crippen LogP contribution in [0.15, 0.2) is 86.0 Å². The summed E-state index contributed by atoms with van der Waals surface area (Å²) in [5.74, 6) is -12.2. The molecule has 3 aliphatic rings.